The number of carbonyl (C=O) groups excluding carboxylic acids is 1. The van der Waals surface area contributed by atoms with Gasteiger partial charge in [0.05, 0.1) is 0 Å². The predicted octanol–water partition coefficient (Wildman–Crippen LogP) is 4.11. The SMILES string of the molecule is CCCNC(C1=CCCCC1)C1CCN(C(=O)OC(C)(C)C)C1. The quantitative estimate of drug-likeness (QED) is 0.774. The maximum absolute atomic E-state index is 12.3. The van der Waals surface area contributed by atoms with Gasteiger partial charge in [-0.2, -0.15) is 0 Å². The monoisotopic (exact) mass is 322 g/mol. The number of nitrogens with one attached hydrogen (secondary N) is 1. The fraction of sp³-hybridized carbons (Fsp3) is 0.842. The van der Waals surface area contributed by atoms with E-state index in [1.165, 1.54) is 25.7 Å². The van der Waals surface area contributed by atoms with Crippen molar-refractivity contribution in [3.8, 4) is 0 Å². The highest BCUT2D eigenvalue weighted by atomic mass is 16.6. The van der Waals surface area contributed by atoms with Crippen molar-refractivity contribution in [2.24, 2.45) is 5.92 Å². The summed E-state index contributed by atoms with van der Waals surface area (Å²) >= 11 is 0. The van der Waals surface area contributed by atoms with E-state index in [1.807, 2.05) is 25.7 Å². The molecule has 4 heteroatoms. The molecule has 0 radical (unpaired) electrons. The van der Waals surface area contributed by atoms with E-state index < -0.39 is 5.60 Å². The smallest absolute Gasteiger partial charge is 0.410 e. The maximum Gasteiger partial charge on any atom is 0.410 e. The summed E-state index contributed by atoms with van der Waals surface area (Å²) in [7, 11) is 0. The minimum atomic E-state index is -0.416. The first kappa shape index (κ1) is 18.3. The summed E-state index contributed by atoms with van der Waals surface area (Å²) in [5, 5.41) is 3.74. The van der Waals surface area contributed by atoms with Crippen molar-refractivity contribution in [2.45, 2.75) is 77.9 Å². The molecule has 1 N–H and O–H groups in total. The number of hydrogen-bond donors (Lipinski definition) is 1. The van der Waals surface area contributed by atoms with E-state index in [1.54, 1.807) is 5.57 Å². The van der Waals surface area contributed by atoms with Crippen LogP contribution in [0.15, 0.2) is 11.6 Å². The zero-order valence-corrected chi connectivity index (χ0v) is 15.4. The van der Waals surface area contributed by atoms with Gasteiger partial charge < -0.3 is 15.0 Å². The largest absolute Gasteiger partial charge is 0.444 e. The zero-order valence-electron chi connectivity index (χ0n) is 15.4. The van der Waals surface area contributed by atoms with Crippen LogP contribution in [-0.4, -0.2) is 42.3 Å². The van der Waals surface area contributed by atoms with Crippen LogP contribution in [-0.2, 0) is 4.74 Å². The van der Waals surface area contributed by atoms with Crippen LogP contribution in [0.2, 0.25) is 0 Å². The number of allylic oxidation sites excluding steroid dienone is 1. The summed E-state index contributed by atoms with van der Waals surface area (Å²) < 4.78 is 5.53. The van der Waals surface area contributed by atoms with Crippen LogP contribution in [0.25, 0.3) is 0 Å². The molecule has 2 rings (SSSR count). The molecule has 2 atom stereocenters. The number of ether oxygens (including phenoxy) is 1. The molecule has 1 aliphatic carbocycles. The lowest BCUT2D eigenvalue weighted by Gasteiger charge is -2.30. The highest BCUT2D eigenvalue weighted by Crippen LogP contribution is 2.30. The molecule has 0 spiro atoms. The van der Waals surface area contributed by atoms with Crippen molar-refractivity contribution in [2.75, 3.05) is 19.6 Å². The number of hydrogen-bond acceptors (Lipinski definition) is 3. The molecule has 1 aliphatic heterocycles. The summed E-state index contributed by atoms with van der Waals surface area (Å²) in [6.07, 6.45) is 9.54. The van der Waals surface area contributed by atoms with E-state index >= 15 is 0 Å². The van der Waals surface area contributed by atoms with E-state index in [2.05, 4.69) is 18.3 Å². The van der Waals surface area contributed by atoms with Crippen LogP contribution in [0, 0.1) is 5.92 Å². The van der Waals surface area contributed by atoms with Crippen molar-refractivity contribution >= 4 is 6.09 Å². The van der Waals surface area contributed by atoms with Crippen LogP contribution >= 0.6 is 0 Å². The van der Waals surface area contributed by atoms with Crippen LogP contribution in [0.3, 0.4) is 0 Å². The van der Waals surface area contributed by atoms with Crippen molar-refractivity contribution < 1.29 is 9.53 Å². The molecule has 0 aromatic rings. The van der Waals surface area contributed by atoms with Gasteiger partial charge >= 0.3 is 6.09 Å². The second kappa shape index (κ2) is 8.18. The lowest BCUT2D eigenvalue weighted by Crippen LogP contribution is -2.41. The van der Waals surface area contributed by atoms with Gasteiger partial charge in [0, 0.05) is 19.1 Å². The van der Waals surface area contributed by atoms with Gasteiger partial charge in [-0.15, -0.1) is 0 Å². The second-order valence-electron chi connectivity index (χ2n) is 7.93. The number of rotatable bonds is 5. The lowest BCUT2D eigenvalue weighted by atomic mass is 9.86. The standard InChI is InChI=1S/C19H34N2O2/c1-5-12-20-17(15-9-7-6-8-10-15)16-11-13-21(14-16)18(22)23-19(2,3)4/h9,16-17,20H,5-8,10-14H2,1-4H3. The Bertz CT molecular complexity index is 426. The number of likely N-dealkylation sites (tertiary alicyclic amines) is 1. The second-order valence-corrected chi connectivity index (χ2v) is 7.93. The molecule has 2 aliphatic rings. The lowest BCUT2D eigenvalue weighted by molar-refractivity contribution is 0.0286. The molecule has 1 saturated heterocycles. The molecule has 4 nitrogen and oxygen atoms in total. The van der Waals surface area contributed by atoms with E-state index in [0.717, 1.165) is 32.5 Å². The summed E-state index contributed by atoms with van der Waals surface area (Å²) in [5.41, 5.74) is 1.15. The van der Waals surface area contributed by atoms with Gasteiger partial charge in [0.15, 0.2) is 0 Å². The highest BCUT2D eigenvalue weighted by molar-refractivity contribution is 5.68. The Morgan fingerprint density at radius 3 is 2.83 bits per heavy atom. The molecular formula is C19H34N2O2. The highest BCUT2D eigenvalue weighted by Gasteiger charge is 2.35. The first-order chi connectivity index (χ1) is 10.9. The average Bonchev–Trinajstić information content (AvgIpc) is 2.97. The van der Waals surface area contributed by atoms with E-state index in [-0.39, 0.29) is 6.09 Å². The molecule has 0 bridgehead atoms. The van der Waals surface area contributed by atoms with Crippen LogP contribution < -0.4 is 5.32 Å². The van der Waals surface area contributed by atoms with Gasteiger partial charge in [-0.3, -0.25) is 0 Å². The van der Waals surface area contributed by atoms with Gasteiger partial charge in [0.25, 0.3) is 0 Å². The fourth-order valence-electron chi connectivity index (χ4n) is 3.60. The minimum Gasteiger partial charge on any atom is -0.444 e. The third-order valence-corrected chi connectivity index (χ3v) is 4.69. The van der Waals surface area contributed by atoms with Crippen molar-refractivity contribution in [1.82, 2.24) is 10.2 Å². The Hall–Kier alpha value is -1.03. The topological polar surface area (TPSA) is 41.6 Å². The molecule has 132 valence electrons. The Morgan fingerprint density at radius 1 is 1.43 bits per heavy atom. The Kier molecular flexibility index (Phi) is 6.51. The molecule has 1 fully saturated rings. The Labute approximate surface area is 141 Å². The van der Waals surface area contributed by atoms with Crippen molar-refractivity contribution in [3.63, 3.8) is 0 Å². The molecule has 1 amide bonds. The predicted molar refractivity (Wildman–Crippen MR) is 94.5 cm³/mol. The molecule has 2 unspecified atom stereocenters. The van der Waals surface area contributed by atoms with Gasteiger partial charge in [-0.1, -0.05) is 18.6 Å². The van der Waals surface area contributed by atoms with Gasteiger partial charge in [0.1, 0.15) is 5.60 Å². The van der Waals surface area contributed by atoms with E-state index in [4.69, 9.17) is 4.74 Å². The molecule has 23 heavy (non-hydrogen) atoms. The summed E-state index contributed by atoms with van der Waals surface area (Å²) in [5.74, 6) is 0.512. The normalized spacial score (nSPS) is 23.6. The van der Waals surface area contributed by atoms with Gasteiger partial charge in [-0.25, -0.2) is 4.79 Å². The minimum absolute atomic E-state index is 0.160. The van der Waals surface area contributed by atoms with Crippen LogP contribution in [0.4, 0.5) is 4.79 Å². The average molecular weight is 322 g/mol. The van der Waals surface area contributed by atoms with Gasteiger partial charge in [0.2, 0.25) is 0 Å². The van der Waals surface area contributed by atoms with Gasteiger partial charge in [-0.05, 0) is 71.8 Å². The summed E-state index contributed by atoms with van der Waals surface area (Å²) in [6.45, 7) is 10.7. The Morgan fingerprint density at radius 2 is 2.22 bits per heavy atom. The molecule has 0 aromatic carbocycles. The van der Waals surface area contributed by atoms with Crippen LogP contribution in [0.1, 0.15) is 66.2 Å². The third-order valence-electron chi connectivity index (χ3n) is 4.69. The molecular weight excluding hydrogens is 288 g/mol. The van der Waals surface area contributed by atoms with Crippen molar-refractivity contribution in [3.05, 3.63) is 11.6 Å². The fourth-order valence-corrected chi connectivity index (χ4v) is 3.60. The first-order valence-electron chi connectivity index (χ1n) is 9.31. The maximum atomic E-state index is 12.3. The van der Waals surface area contributed by atoms with Crippen LogP contribution in [0.5, 0.6) is 0 Å². The number of amides is 1. The molecule has 1 heterocycles. The number of nitrogens with zero attached hydrogens (tertiary/aromatic N) is 1. The third kappa shape index (κ3) is 5.52. The summed E-state index contributed by atoms with van der Waals surface area (Å²) in [6, 6.07) is 0.433. The zero-order chi connectivity index (χ0) is 16.9. The first-order valence-corrected chi connectivity index (χ1v) is 9.31. The van der Waals surface area contributed by atoms with E-state index in [0.29, 0.717) is 12.0 Å². The summed E-state index contributed by atoms with van der Waals surface area (Å²) in [4.78, 5) is 14.2. The Balaban J connectivity index is 1.97. The molecule has 0 saturated carbocycles. The molecule has 0 aromatic heterocycles. The number of carbonyl (C=O) groups is 1. The van der Waals surface area contributed by atoms with E-state index in [9.17, 15) is 4.79 Å². The van der Waals surface area contributed by atoms with Crippen molar-refractivity contribution in [1.29, 1.82) is 0 Å².